The van der Waals surface area contributed by atoms with Crippen molar-refractivity contribution in [2.45, 2.75) is 26.3 Å². The highest BCUT2D eigenvalue weighted by Crippen LogP contribution is 2.36. The van der Waals surface area contributed by atoms with Gasteiger partial charge in [0.1, 0.15) is 0 Å². The van der Waals surface area contributed by atoms with Crippen molar-refractivity contribution >= 4 is 22.9 Å². The Kier molecular flexibility index (Phi) is 5.68. The first kappa shape index (κ1) is 19.0. The number of piperazine rings is 1. The zero-order valence-corrected chi connectivity index (χ0v) is 17.1. The van der Waals surface area contributed by atoms with E-state index in [1.807, 2.05) is 6.07 Å². The number of carbonyl (C=O) groups excluding carboxylic acids is 1. The van der Waals surface area contributed by atoms with E-state index in [4.69, 9.17) is 14.5 Å². The molecule has 0 spiro atoms. The smallest absolute Gasteiger partial charge is 0.231 e. The van der Waals surface area contributed by atoms with Crippen LogP contribution in [-0.4, -0.2) is 55.8 Å². The number of carbonyl (C=O) groups is 1. The van der Waals surface area contributed by atoms with Gasteiger partial charge in [0.2, 0.25) is 13.2 Å². The number of nitrogens with zero attached hydrogens (tertiary/aromatic N) is 3. The highest BCUT2D eigenvalue weighted by atomic mass is 32.1. The van der Waals surface area contributed by atoms with Crippen molar-refractivity contribution in [1.29, 1.82) is 0 Å². The molecule has 150 valence electrons. The van der Waals surface area contributed by atoms with Crippen molar-refractivity contribution in [3.05, 3.63) is 34.3 Å². The number of hydrogen-bond acceptors (Lipinski definition) is 7. The van der Waals surface area contributed by atoms with Crippen LogP contribution >= 0.6 is 11.3 Å². The van der Waals surface area contributed by atoms with Crippen LogP contribution in [0.1, 0.15) is 29.1 Å². The summed E-state index contributed by atoms with van der Waals surface area (Å²) in [7, 11) is 0. The van der Waals surface area contributed by atoms with Gasteiger partial charge in [-0.05, 0) is 31.5 Å². The third kappa shape index (κ3) is 3.93. The number of thiazole rings is 1. The maximum atomic E-state index is 10.4. The molecule has 1 saturated heterocycles. The lowest BCUT2D eigenvalue weighted by Gasteiger charge is -2.38. The van der Waals surface area contributed by atoms with Gasteiger partial charge in [0.25, 0.3) is 0 Å². The average Bonchev–Trinajstić information content (AvgIpc) is 3.34. The van der Waals surface area contributed by atoms with Crippen molar-refractivity contribution in [3.63, 3.8) is 0 Å². The quantitative estimate of drug-likeness (QED) is 0.567. The van der Waals surface area contributed by atoms with E-state index in [1.165, 1.54) is 10.4 Å². The molecule has 3 heterocycles. The lowest BCUT2D eigenvalue weighted by Crippen LogP contribution is -2.47. The fraction of sp³-hybridized carbons (Fsp3) is 0.500. The van der Waals surface area contributed by atoms with Crippen molar-refractivity contribution in [2.75, 3.05) is 44.4 Å². The summed E-state index contributed by atoms with van der Waals surface area (Å²) in [6, 6.07) is 6.57. The van der Waals surface area contributed by atoms with Gasteiger partial charge in [-0.15, -0.1) is 11.3 Å². The second-order valence-corrected chi connectivity index (χ2v) is 8.31. The maximum absolute atomic E-state index is 10.4. The summed E-state index contributed by atoms with van der Waals surface area (Å²) in [5.41, 5.74) is 2.35. The molecule has 0 saturated carbocycles. The summed E-state index contributed by atoms with van der Waals surface area (Å²) >= 11 is 1.75. The summed E-state index contributed by atoms with van der Waals surface area (Å²) < 4.78 is 10.9. The third-order valence-corrected chi connectivity index (χ3v) is 6.56. The predicted molar refractivity (Wildman–Crippen MR) is 109 cm³/mol. The summed E-state index contributed by atoms with van der Waals surface area (Å²) in [5.74, 6) is 1.68. The van der Waals surface area contributed by atoms with Gasteiger partial charge in [-0.3, -0.25) is 9.69 Å². The third-order valence-electron chi connectivity index (χ3n) is 5.48. The summed E-state index contributed by atoms with van der Waals surface area (Å²) in [6.07, 6.45) is 1.52. The molecule has 8 heteroatoms. The van der Waals surface area contributed by atoms with Gasteiger partial charge in [0.05, 0.1) is 5.69 Å². The number of aryl methyl sites for hydroxylation is 1. The number of anilines is 1. The van der Waals surface area contributed by atoms with Crippen LogP contribution in [0.3, 0.4) is 0 Å². The molecule has 1 N–H and O–H groups in total. The molecule has 1 atom stereocenters. The molecule has 1 amide bonds. The first-order valence-electron chi connectivity index (χ1n) is 9.67. The minimum Gasteiger partial charge on any atom is -0.454 e. The fourth-order valence-corrected chi connectivity index (χ4v) is 4.72. The summed E-state index contributed by atoms with van der Waals surface area (Å²) in [5, 5.41) is 3.80. The second kappa shape index (κ2) is 8.36. The van der Waals surface area contributed by atoms with Crippen LogP contribution in [0.2, 0.25) is 0 Å². The second-order valence-electron chi connectivity index (χ2n) is 7.13. The zero-order chi connectivity index (χ0) is 19.5. The van der Waals surface area contributed by atoms with Gasteiger partial charge in [-0.1, -0.05) is 6.07 Å². The van der Waals surface area contributed by atoms with Crippen LogP contribution in [-0.2, 0) is 11.2 Å². The Morgan fingerprint density at radius 1 is 1.25 bits per heavy atom. The molecular formula is C20H26N4O3S. The van der Waals surface area contributed by atoms with Crippen molar-refractivity contribution in [1.82, 2.24) is 15.2 Å². The predicted octanol–water partition coefficient (Wildman–Crippen LogP) is 2.35. The van der Waals surface area contributed by atoms with Gasteiger partial charge in [0, 0.05) is 50.1 Å². The van der Waals surface area contributed by atoms with Gasteiger partial charge >= 0.3 is 0 Å². The number of aromatic nitrogens is 1. The van der Waals surface area contributed by atoms with E-state index in [0.29, 0.717) is 19.4 Å². The standard InChI is InChI=1S/C20H26N4O3S/c1-14(16-3-4-18-19(11-16)27-13-26-18)23-7-9-24(10-8-23)20-22-17(15(2)28-20)5-6-21-12-25/h3-4,11-12,14H,5-10,13H2,1-2H3,(H,21,25). The van der Waals surface area contributed by atoms with Gasteiger partial charge in [-0.25, -0.2) is 4.98 Å². The van der Waals surface area contributed by atoms with Crippen LogP contribution in [0, 0.1) is 6.92 Å². The minimum absolute atomic E-state index is 0.312. The van der Waals surface area contributed by atoms with E-state index in [1.54, 1.807) is 11.3 Å². The van der Waals surface area contributed by atoms with Gasteiger partial charge < -0.3 is 19.7 Å². The molecular weight excluding hydrogens is 376 g/mol. The number of nitrogens with one attached hydrogen (secondary N) is 1. The lowest BCUT2D eigenvalue weighted by molar-refractivity contribution is -0.109. The van der Waals surface area contributed by atoms with E-state index >= 15 is 0 Å². The number of rotatable bonds is 7. The molecule has 2 aliphatic heterocycles. The lowest BCUT2D eigenvalue weighted by atomic mass is 10.1. The molecule has 2 aromatic rings. The Morgan fingerprint density at radius 2 is 2.04 bits per heavy atom. The Balaban J connectivity index is 1.35. The van der Waals surface area contributed by atoms with Crippen LogP contribution in [0.25, 0.3) is 0 Å². The molecule has 0 bridgehead atoms. The van der Waals surface area contributed by atoms with Crippen LogP contribution in [0.4, 0.5) is 5.13 Å². The minimum atomic E-state index is 0.312. The monoisotopic (exact) mass is 402 g/mol. The number of ether oxygens (including phenoxy) is 2. The molecule has 2 aliphatic rings. The maximum Gasteiger partial charge on any atom is 0.231 e. The van der Waals surface area contributed by atoms with Crippen molar-refractivity contribution < 1.29 is 14.3 Å². The molecule has 1 fully saturated rings. The SMILES string of the molecule is Cc1sc(N2CCN(C(C)c3ccc4c(c3)OCO4)CC2)nc1CCNC=O. The van der Waals surface area contributed by atoms with E-state index in [2.05, 4.69) is 41.1 Å². The number of benzene rings is 1. The molecule has 0 aliphatic carbocycles. The van der Waals surface area contributed by atoms with Crippen molar-refractivity contribution in [3.8, 4) is 11.5 Å². The first-order valence-corrected chi connectivity index (χ1v) is 10.5. The molecule has 1 aromatic heterocycles. The highest BCUT2D eigenvalue weighted by Gasteiger charge is 2.25. The zero-order valence-electron chi connectivity index (χ0n) is 16.3. The normalized spacial score (nSPS) is 17.6. The molecule has 0 radical (unpaired) electrons. The average molecular weight is 403 g/mol. The number of amides is 1. The molecule has 28 heavy (non-hydrogen) atoms. The Bertz CT molecular complexity index is 833. The Morgan fingerprint density at radius 3 is 2.82 bits per heavy atom. The molecule has 7 nitrogen and oxygen atoms in total. The molecule has 1 unspecified atom stereocenters. The van der Waals surface area contributed by atoms with E-state index in [9.17, 15) is 4.79 Å². The van der Waals surface area contributed by atoms with Crippen LogP contribution in [0.5, 0.6) is 11.5 Å². The van der Waals surface area contributed by atoms with Crippen molar-refractivity contribution in [2.24, 2.45) is 0 Å². The van der Waals surface area contributed by atoms with E-state index in [0.717, 1.165) is 61.3 Å². The topological polar surface area (TPSA) is 66.9 Å². The van der Waals surface area contributed by atoms with Gasteiger partial charge in [0.15, 0.2) is 16.6 Å². The highest BCUT2D eigenvalue weighted by molar-refractivity contribution is 7.15. The first-order chi connectivity index (χ1) is 13.7. The number of fused-ring (bicyclic) bond motifs is 1. The molecule has 1 aromatic carbocycles. The van der Waals surface area contributed by atoms with Crippen LogP contribution < -0.4 is 19.7 Å². The fourth-order valence-electron chi connectivity index (χ4n) is 3.71. The Hall–Kier alpha value is -2.32. The summed E-state index contributed by atoms with van der Waals surface area (Å²) in [6.45, 7) is 9.23. The van der Waals surface area contributed by atoms with E-state index < -0.39 is 0 Å². The summed E-state index contributed by atoms with van der Waals surface area (Å²) in [4.78, 5) is 21.3. The number of hydrogen-bond donors (Lipinski definition) is 1. The Labute approximate surface area is 169 Å². The van der Waals surface area contributed by atoms with E-state index in [-0.39, 0.29) is 0 Å². The van der Waals surface area contributed by atoms with Crippen LogP contribution in [0.15, 0.2) is 18.2 Å². The largest absolute Gasteiger partial charge is 0.454 e. The van der Waals surface area contributed by atoms with Gasteiger partial charge in [-0.2, -0.15) is 0 Å². The molecule has 4 rings (SSSR count).